The molecule has 0 radical (unpaired) electrons. The summed E-state index contributed by atoms with van der Waals surface area (Å²) in [7, 11) is -3.22. The van der Waals surface area contributed by atoms with Crippen molar-refractivity contribution < 1.29 is 14.3 Å². The van der Waals surface area contributed by atoms with E-state index < -0.39 is 18.1 Å². The van der Waals surface area contributed by atoms with E-state index in [1.165, 1.54) is 6.07 Å². The van der Waals surface area contributed by atoms with Gasteiger partial charge in [-0.3, -0.25) is 0 Å². The minimum absolute atomic E-state index is 0.0256. The molecule has 122 valence electrons. The number of hydrogen-bond acceptors (Lipinski definition) is 3. The number of halogens is 1. The van der Waals surface area contributed by atoms with Crippen LogP contribution in [0.3, 0.4) is 0 Å². The van der Waals surface area contributed by atoms with E-state index in [2.05, 4.69) is 25.5 Å². The fourth-order valence-electron chi connectivity index (χ4n) is 2.08. The lowest BCUT2D eigenvalue weighted by atomic mass is 9.79. The normalized spacial score (nSPS) is 12.8. The Hall–Kier alpha value is -1.34. The maximum atomic E-state index is 12.4. The van der Waals surface area contributed by atoms with Gasteiger partial charge in [-0.1, -0.05) is 44.5 Å². The van der Waals surface area contributed by atoms with Crippen molar-refractivity contribution in [3.63, 3.8) is 0 Å². The maximum Gasteiger partial charge on any atom is 0.490 e. The summed E-state index contributed by atoms with van der Waals surface area (Å²) in [6, 6.07) is 12.1. The van der Waals surface area contributed by atoms with E-state index in [1.54, 1.807) is 24.3 Å². The second-order valence-corrected chi connectivity index (χ2v) is 7.90. The lowest BCUT2D eigenvalue weighted by Crippen LogP contribution is -2.32. The number of rotatable bonds is 4. The molecule has 7 heteroatoms. The van der Waals surface area contributed by atoms with Crippen LogP contribution in [0.2, 0.25) is 5.02 Å². The van der Waals surface area contributed by atoms with Crippen LogP contribution >= 0.6 is 11.6 Å². The zero-order chi connectivity index (χ0) is 17.2. The zero-order valence-corrected chi connectivity index (χ0v) is 14.8. The van der Waals surface area contributed by atoms with Crippen LogP contribution in [-0.4, -0.2) is 21.4 Å². The van der Waals surface area contributed by atoms with E-state index in [-0.39, 0.29) is 10.9 Å². The summed E-state index contributed by atoms with van der Waals surface area (Å²) in [5.41, 5.74) is 1.72. The van der Waals surface area contributed by atoms with Crippen molar-refractivity contribution >= 4 is 40.9 Å². The van der Waals surface area contributed by atoms with Crippen LogP contribution in [0.15, 0.2) is 47.4 Å². The molecule has 0 heterocycles. The lowest BCUT2D eigenvalue weighted by Gasteiger charge is -2.19. The first kappa shape index (κ1) is 18.0. The van der Waals surface area contributed by atoms with E-state index >= 15 is 0 Å². The molecule has 0 aliphatic heterocycles. The Kier molecular flexibility index (Phi) is 5.52. The van der Waals surface area contributed by atoms with E-state index in [1.807, 2.05) is 12.1 Å². The second-order valence-electron chi connectivity index (χ2n) is 6.25. The molecule has 0 saturated carbocycles. The van der Waals surface area contributed by atoms with Crippen LogP contribution in [-0.2, 0) is 16.4 Å². The van der Waals surface area contributed by atoms with E-state index in [9.17, 15) is 14.3 Å². The highest BCUT2D eigenvalue weighted by Gasteiger charge is 2.19. The highest BCUT2D eigenvalue weighted by Crippen LogP contribution is 2.23. The fourth-order valence-corrected chi connectivity index (χ4v) is 3.14. The fraction of sp³-hybridized carbons (Fsp3) is 0.250. The molecular weight excluding hydrogens is 333 g/mol. The molecule has 0 fully saturated rings. The van der Waals surface area contributed by atoms with Crippen LogP contribution in [0.1, 0.15) is 26.3 Å². The van der Waals surface area contributed by atoms with E-state index in [0.29, 0.717) is 15.6 Å². The van der Waals surface area contributed by atoms with Gasteiger partial charge in [-0.05, 0) is 41.3 Å². The average Bonchev–Trinajstić information content (AvgIpc) is 2.48. The Morgan fingerprint density at radius 3 is 2.22 bits per heavy atom. The van der Waals surface area contributed by atoms with Crippen molar-refractivity contribution in [1.29, 1.82) is 0 Å². The van der Waals surface area contributed by atoms with Crippen LogP contribution in [0, 0.1) is 0 Å². The quantitative estimate of drug-likeness (QED) is 0.741. The minimum Gasteiger partial charge on any atom is -0.423 e. The van der Waals surface area contributed by atoms with Crippen LogP contribution in [0.25, 0.3) is 0 Å². The molecule has 3 N–H and O–H groups in total. The number of hydrogen-bond donors (Lipinski definition) is 3. The number of anilines is 1. The molecule has 23 heavy (non-hydrogen) atoms. The Labute approximate surface area is 144 Å². The van der Waals surface area contributed by atoms with Crippen molar-refractivity contribution in [3.8, 4) is 0 Å². The molecule has 4 nitrogen and oxygen atoms in total. The molecule has 2 aromatic rings. The summed E-state index contributed by atoms with van der Waals surface area (Å²) in [5, 5.41) is 19.2. The Morgan fingerprint density at radius 2 is 1.70 bits per heavy atom. The van der Waals surface area contributed by atoms with Gasteiger partial charge in [0.05, 0.1) is 4.90 Å². The van der Waals surface area contributed by atoms with Crippen molar-refractivity contribution in [1.82, 2.24) is 0 Å². The third-order valence-electron chi connectivity index (χ3n) is 3.43. The predicted molar refractivity (Wildman–Crippen MR) is 96.5 cm³/mol. The minimum atomic E-state index is -1.70. The van der Waals surface area contributed by atoms with Gasteiger partial charge < -0.3 is 14.8 Å². The molecule has 1 atom stereocenters. The lowest BCUT2D eigenvalue weighted by molar-refractivity contribution is 0.426. The molecule has 0 saturated heterocycles. The number of nitrogens with one attached hydrogen (secondary N) is 1. The summed E-state index contributed by atoms with van der Waals surface area (Å²) in [6.45, 7) is 6.33. The first-order valence-electron chi connectivity index (χ1n) is 7.13. The first-order chi connectivity index (χ1) is 10.7. The van der Waals surface area contributed by atoms with E-state index in [0.717, 1.165) is 5.56 Å². The molecule has 0 aromatic heterocycles. The second kappa shape index (κ2) is 7.05. The molecule has 1 unspecified atom stereocenters. The summed E-state index contributed by atoms with van der Waals surface area (Å²) in [4.78, 5) is 0.603. The average molecular weight is 352 g/mol. The highest BCUT2D eigenvalue weighted by molar-refractivity contribution is 7.86. The Balaban J connectivity index is 2.23. The third-order valence-corrected chi connectivity index (χ3v) is 4.77. The first-order valence-corrected chi connectivity index (χ1v) is 8.66. The van der Waals surface area contributed by atoms with E-state index in [4.69, 9.17) is 11.6 Å². The van der Waals surface area contributed by atoms with Gasteiger partial charge in [-0.15, -0.1) is 0 Å². The van der Waals surface area contributed by atoms with Crippen LogP contribution in [0.5, 0.6) is 0 Å². The largest absolute Gasteiger partial charge is 0.490 e. The maximum absolute atomic E-state index is 12.4. The number of benzene rings is 2. The molecule has 2 rings (SSSR count). The predicted octanol–water partition coefficient (Wildman–Crippen LogP) is 2.45. The molecule has 0 aliphatic carbocycles. The van der Waals surface area contributed by atoms with Crippen molar-refractivity contribution in [2.24, 2.45) is 0 Å². The summed E-state index contributed by atoms with van der Waals surface area (Å²) in [6.07, 6.45) is 0. The van der Waals surface area contributed by atoms with Crippen molar-refractivity contribution in [2.45, 2.75) is 31.1 Å². The van der Waals surface area contributed by atoms with Crippen LogP contribution in [0.4, 0.5) is 5.69 Å². The topological polar surface area (TPSA) is 69.6 Å². The Morgan fingerprint density at radius 1 is 1.09 bits per heavy atom. The molecule has 0 amide bonds. The van der Waals surface area contributed by atoms with Gasteiger partial charge in [0.25, 0.3) is 0 Å². The smallest absolute Gasteiger partial charge is 0.423 e. The van der Waals surface area contributed by atoms with Gasteiger partial charge in [0, 0.05) is 16.2 Å². The summed E-state index contributed by atoms with van der Waals surface area (Å²) in [5.74, 6) is 0. The van der Waals surface area contributed by atoms with Gasteiger partial charge in [0.2, 0.25) is 0 Å². The van der Waals surface area contributed by atoms with Crippen LogP contribution < -0.4 is 10.2 Å². The van der Waals surface area contributed by atoms with Gasteiger partial charge >= 0.3 is 7.12 Å². The van der Waals surface area contributed by atoms with Gasteiger partial charge in [0.15, 0.2) is 0 Å². The molecule has 0 spiro atoms. The third kappa shape index (κ3) is 4.58. The SMILES string of the molecule is CC(C)(C)c1ccc(S(=O)Nc2ccc(Cl)cc2B(O)O)cc1. The Bertz CT molecular complexity index is 714. The zero-order valence-electron chi connectivity index (χ0n) is 13.2. The monoisotopic (exact) mass is 351 g/mol. The molecule has 2 aromatic carbocycles. The van der Waals surface area contributed by atoms with Crippen molar-refractivity contribution in [3.05, 3.63) is 53.1 Å². The highest BCUT2D eigenvalue weighted by atomic mass is 35.5. The van der Waals surface area contributed by atoms with Crippen molar-refractivity contribution in [2.75, 3.05) is 4.72 Å². The van der Waals surface area contributed by atoms with Gasteiger partial charge in [-0.2, -0.15) is 0 Å². The molecule has 0 aliphatic rings. The molecule has 0 bridgehead atoms. The summed E-state index contributed by atoms with van der Waals surface area (Å²) < 4.78 is 15.2. The molecular formula is C16H19BClNO3S. The summed E-state index contributed by atoms with van der Waals surface area (Å²) >= 11 is 5.85. The van der Waals surface area contributed by atoms with Gasteiger partial charge in [0.1, 0.15) is 11.0 Å². The standard InChI is InChI=1S/C16H19BClNO3S/c1-16(2,3)11-4-7-13(8-5-11)23(22)19-15-9-6-12(18)10-14(15)17(20)21/h4-10,19-21H,1-3H3. The van der Waals surface area contributed by atoms with Gasteiger partial charge in [-0.25, -0.2) is 4.21 Å².